The van der Waals surface area contributed by atoms with E-state index in [0.29, 0.717) is 29.7 Å². The summed E-state index contributed by atoms with van der Waals surface area (Å²) < 4.78 is 17.1. The molecule has 9 heteroatoms. The molecule has 0 unspecified atom stereocenters. The van der Waals surface area contributed by atoms with E-state index in [1.807, 2.05) is 43.5 Å². The van der Waals surface area contributed by atoms with E-state index in [-0.39, 0.29) is 18.1 Å². The van der Waals surface area contributed by atoms with Crippen molar-refractivity contribution in [3.63, 3.8) is 0 Å². The van der Waals surface area contributed by atoms with E-state index in [9.17, 15) is 14.7 Å². The Morgan fingerprint density at radius 3 is 2.43 bits per heavy atom. The second-order valence-corrected chi connectivity index (χ2v) is 8.76. The van der Waals surface area contributed by atoms with Crippen LogP contribution in [0.1, 0.15) is 25.0 Å². The van der Waals surface area contributed by atoms with Gasteiger partial charge in [0, 0.05) is 34.6 Å². The second kappa shape index (κ2) is 13.3. The van der Waals surface area contributed by atoms with Crippen LogP contribution in [0.3, 0.4) is 0 Å². The van der Waals surface area contributed by atoms with Crippen LogP contribution in [0.2, 0.25) is 0 Å². The number of phenols is 1. The lowest BCUT2D eigenvalue weighted by molar-refractivity contribution is -0.142. The van der Waals surface area contributed by atoms with Crippen molar-refractivity contribution in [2.75, 3.05) is 30.5 Å². The first-order chi connectivity index (χ1) is 17.0. The molecule has 0 spiro atoms. The SMILES string of the molecule is CCO[C@@H](CCOC(=O)CS)[C@@H](OC(=O)Nc1ccc(SC)cc1)c1ccc(O)c2ccccc12. The summed E-state index contributed by atoms with van der Waals surface area (Å²) in [6.07, 6.45) is 0.181. The molecule has 35 heavy (non-hydrogen) atoms. The highest BCUT2D eigenvalue weighted by molar-refractivity contribution is 7.98. The van der Waals surface area contributed by atoms with Crippen LogP contribution in [-0.2, 0) is 19.0 Å². The van der Waals surface area contributed by atoms with Gasteiger partial charge >= 0.3 is 12.1 Å². The molecule has 0 heterocycles. The largest absolute Gasteiger partial charge is 0.507 e. The molecule has 0 aliphatic carbocycles. The number of benzene rings is 3. The summed E-state index contributed by atoms with van der Waals surface area (Å²) in [5.41, 5.74) is 1.27. The van der Waals surface area contributed by atoms with Gasteiger partial charge in [-0.2, -0.15) is 12.6 Å². The summed E-state index contributed by atoms with van der Waals surface area (Å²) in [6, 6.07) is 18.0. The van der Waals surface area contributed by atoms with Gasteiger partial charge in [0.25, 0.3) is 0 Å². The van der Waals surface area contributed by atoms with Crippen LogP contribution in [0.15, 0.2) is 65.6 Å². The molecular weight excluding hydrogens is 486 g/mol. The Hall–Kier alpha value is -2.88. The first kappa shape index (κ1) is 26.7. The van der Waals surface area contributed by atoms with Crippen LogP contribution in [0.5, 0.6) is 5.75 Å². The van der Waals surface area contributed by atoms with E-state index in [1.165, 1.54) is 0 Å². The molecule has 0 aliphatic heterocycles. The van der Waals surface area contributed by atoms with Crippen molar-refractivity contribution in [3.05, 3.63) is 66.2 Å². The number of carbonyl (C=O) groups is 2. The molecule has 2 atom stereocenters. The number of phenolic OH excluding ortho intramolecular Hbond substituents is 1. The van der Waals surface area contributed by atoms with E-state index in [0.717, 1.165) is 10.3 Å². The normalized spacial score (nSPS) is 12.7. The highest BCUT2D eigenvalue weighted by Crippen LogP contribution is 2.36. The standard InChI is InChI=1S/C26H29NO6S2/c1-3-31-23(14-15-32-24(29)16-34)25(21-12-13-22(28)20-7-5-4-6-19(20)21)33-26(30)27-17-8-10-18(35-2)11-9-17/h4-13,23,25,28,34H,3,14-16H2,1-2H3,(H,27,30)/t23-,25-/m0/s1. The number of nitrogens with one attached hydrogen (secondary N) is 1. The van der Waals surface area contributed by atoms with Crippen LogP contribution >= 0.6 is 24.4 Å². The molecule has 0 radical (unpaired) electrons. The fraction of sp³-hybridized carbons (Fsp3) is 0.308. The van der Waals surface area contributed by atoms with Crippen LogP contribution in [0, 0.1) is 0 Å². The summed E-state index contributed by atoms with van der Waals surface area (Å²) >= 11 is 5.53. The van der Waals surface area contributed by atoms with Crippen molar-refractivity contribution in [3.8, 4) is 5.75 Å². The lowest BCUT2D eigenvalue weighted by Crippen LogP contribution is -2.30. The van der Waals surface area contributed by atoms with Crippen molar-refractivity contribution in [1.82, 2.24) is 0 Å². The number of anilines is 1. The maximum atomic E-state index is 13.0. The molecule has 3 aromatic rings. The minimum atomic E-state index is -0.833. The summed E-state index contributed by atoms with van der Waals surface area (Å²) in [7, 11) is 0. The van der Waals surface area contributed by atoms with Gasteiger partial charge in [-0.1, -0.05) is 30.3 Å². The van der Waals surface area contributed by atoms with Crippen LogP contribution in [0.4, 0.5) is 10.5 Å². The van der Waals surface area contributed by atoms with Crippen LogP contribution in [-0.4, -0.2) is 48.5 Å². The molecule has 7 nitrogen and oxygen atoms in total. The molecule has 1 amide bonds. The number of hydrogen-bond donors (Lipinski definition) is 3. The number of hydrogen-bond acceptors (Lipinski definition) is 8. The second-order valence-electron chi connectivity index (χ2n) is 7.56. The maximum Gasteiger partial charge on any atom is 0.412 e. The summed E-state index contributed by atoms with van der Waals surface area (Å²) in [5, 5.41) is 14.5. The van der Waals surface area contributed by atoms with Gasteiger partial charge in [0.05, 0.1) is 12.4 Å². The van der Waals surface area contributed by atoms with Gasteiger partial charge in [0.15, 0.2) is 6.10 Å². The average molecular weight is 516 g/mol. The van der Waals surface area contributed by atoms with Crippen molar-refractivity contribution < 1.29 is 28.9 Å². The van der Waals surface area contributed by atoms with Crippen molar-refractivity contribution in [1.29, 1.82) is 0 Å². The van der Waals surface area contributed by atoms with E-state index < -0.39 is 24.3 Å². The number of carbonyl (C=O) groups excluding carboxylic acids is 2. The molecule has 0 aliphatic rings. The van der Waals surface area contributed by atoms with Gasteiger partial charge in [0.1, 0.15) is 11.9 Å². The number of ether oxygens (including phenoxy) is 3. The van der Waals surface area contributed by atoms with Gasteiger partial charge in [-0.05, 0) is 48.9 Å². The molecule has 186 valence electrons. The molecule has 0 aromatic heterocycles. The predicted octanol–water partition coefficient (Wildman–Crippen LogP) is 5.83. The lowest BCUT2D eigenvalue weighted by atomic mass is 9.95. The molecule has 0 saturated heterocycles. The number of thioether (sulfide) groups is 1. The maximum absolute atomic E-state index is 13.0. The Bertz CT molecular complexity index is 1140. The third kappa shape index (κ3) is 7.30. The van der Waals surface area contributed by atoms with Crippen LogP contribution < -0.4 is 5.32 Å². The molecule has 0 saturated carbocycles. The van der Waals surface area contributed by atoms with Crippen LogP contribution in [0.25, 0.3) is 10.8 Å². The fourth-order valence-electron chi connectivity index (χ4n) is 3.70. The molecule has 0 bridgehead atoms. The molecule has 3 aromatic carbocycles. The Morgan fingerprint density at radius 2 is 1.77 bits per heavy atom. The zero-order valence-corrected chi connectivity index (χ0v) is 21.3. The summed E-state index contributed by atoms with van der Waals surface area (Å²) in [4.78, 5) is 25.6. The number of fused-ring (bicyclic) bond motifs is 1. The minimum Gasteiger partial charge on any atom is -0.507 e. The first-order valence-corrected chi connectivity index (χ1v) is 13.0. The smallest absolute Gasteiger partial charge is 0.412 e. The van der Waals surface area contributed by atoms with Gasteiger partial charge in [-0.25, -0.2) is 4.79 Å². The summed E-state index contributed by atoms with van der Waals surface area (Å²) in [6.45, 7) is 2.28. The highest BCUT2D eigenvalue weighted by atomic mass is 32.2. The monoisotopic (exact) mass is 515 g/mol. The molecule has 2 N–H and O–H groups in total. The zero-order chi connectivity index (χ0) is 25.2. The third-order valence-electron chi connectivity index (χ3n) is 5.32. The number of amides is 1. The lowest BCUT2D eigenvalue weighted by Gasteiger charge is -2.28. The van der Waals surface area contributed by atoms with E-state index in [2.05, 4.69) is 17.9 Å². The molecule has 3 rings (SSSR count). The Morgan fingerprint density at radius 1 is 1.06 bits per heavy atom. The molecular formula is C26H29NO6S2. The Labute approximate surface area is 214 Å². The average Bonchev–Trinajstić information content (AvgIpc) is 2.88. The minimum absolute atomic E-state index is 0.0282. The third-order valence-corrected chi connectivity index (χ3v) is 6.33. The first-order valence-electron chi connectivity index (χ1n) is 11.2. The summed E-state index contributed by atoms with van der Waals surface area (Å²) in [5.74, 6) is -0.348. The molecule has 0 fully saturated rings. The number of esters is 1. The van der Waals surface area contributed by atoms with Crippen molar-refractivity contribution in [2.45, 2.75) is 30.4 Å². The van der Waals surface area contributed by atoms with E-state index in [1.54, 1.807) is 42.1 Å². The topological polar surface area (TPSA) is 94.1 Å². The Balaban J connectivity index is 1.91. The van der Waals surface area contributed by atoms with E-state index >= 15 is 0 Å². The van der Waals surface area contributed by atoms with Gasteiger partial charge < -0.3 is 19.3 Å². The number of aromatic hydroxyl groups is 1. The Kier molecular flexibility index (Phi) is 10.1. The van der Waals surface area contributed by atoms with Crippen molar-refractivity contribution in [2.24, 2.45) is 0 Å². The van der Waals surface area contributed by atoms with E-state index in [4.69, 9.17) is 14.2 Å². The highest BCUT2D eigenvalue weighted by Gasteiger charge is 2.30. The number of rotatable bonds is 11. The van der Waals surface area contributed by atoms with Gasteiger partial charge in [-0.15, -0.1) is 11.8 Å². The van der Waals surface area contributed by atoms with Gasteiger partial charge in [-0.3, -0.25) is 10.1 Å². The number of thiol groups is 1. The van der Waals surface area contributed by atoms with Crippen molar-refractivity contribution >= 4 is 52.9 Å². The predicted molar refractivity (Wildman–Crippen MR) is 142 cm³/mol. The quantitative estimate of drug-likeness (QED) is 0.168. The fourth-order valence-corrected chi connectivity index (χ4v) is 4.20. The zero-order valence-electron chi connectivity index (χ0n) is 19.6. The van der Waals surface area contributed by atoms with Gasteiger partial charge in [0.2, 0.25) is 0 Å².